The minimum absolute atomic E-state index is 0.287. The second-order valence-electron chi connectivity index (χ2n) is 13.2. The highest BCUT2D eigenvalue weighted by atomic mass is 16.5. The second-order valence-corrected chi connectivity index (χ2v) is 13.2. The number of hydrogen-bond acceptors (Lipinski definition) is 8. The third-order valence-electron chi connectivity index (χ3n) is 10.2. The van der Waals surface area contributed by atoms with Crippen LogP contribution in [0.1, 0.15) is 41.7 Å². The molecule has 6 aromatic rings. The van der Waals surface area contributed by atoms with Gasteiger partial charge in [-0.3, -0.25) is 0 Å². The maximum absolute atomic E-state index is 7.49. The zero-order chi connectivity index (χ0) is 35.5. The molecule has 0 spiro atoms. The quantitative estimate of drug-likeness (QED) is 0.158. The van der Waals surface area contributed by atoms with E-state index < -0.39 is 5.60 Å². The molecule has 1 atom stereocenters. The van der Waals surface area contributed by atoms with Gasteiger partial charge in [-0.1, -0.05) is 80.6 Å². The van der Waals surface area contributed by atoms with Gasteiger partial charge >= 0.3 is 0 Å². The largest absolute Gasteiger partial charge is 0.497 e. The lowest BCUT2D eigenvalue weighted by atomic mass is 9.76. The predicted octanol–water partition coefficient (Wildman–Crippen LogP) is 9.00. The minimum Gasteiger partial charge on any atom is -0.497 e. The van der Waals surface area contributed by atoms with E-state index in [9.17, 15) is 0 Å². The molecule has 1 aliphatic carbocycles. The Bertz CT molecular complexity index is 2330. The predicted molar refractivity (Wildman–Crippen MR) is 199 cm³/mol. The van der Waals surface area contributed by atoms with Gasteiger partial charge in [-0.05, 0) is 58.0 Å². The van der Waals surface area contributed by atoms with Crippen LogP contribution in [0.2, 0.25) is 0 Å². The van der Waals surface area contributed by atoms with Crippen molar-refractivity contribution in [2.45, 2.75) is 24.9 Å². The molecule has 1 aliphatic heterocycles. The van der Waals surface area contributed by atoms with E-state index >= 15 is 0 Å². The average Bonchev–Trinajstić information content (AvgIpc) is 3.43. The van der Waals surface area contributed by atoms with E-state index in [1.165, 1.54) is 22.3 Å². The highest BCUT2D eigenvalue weighted by molar-refractivity contribution is 6.09. The zero-order valence-electron chi connectivity index (χ0n) is 29.7. The smallest absolute Gasteiger partial charge is 0.220 e. The van der Waals surface area contributed by atoms with Crippen LogP contribution in [-0.2, 0) is 11.0 Å². The van der Waals surface area contributed by atoms with Gasteiger partial charge in [0.1, 0.15) is 11.5 Å². The molecule has 51 heavy (non-hydrogen) atoms. The Morgan fingerprint density at radius 3 is 1.84 bits per heavy atom. The number of nitrogens with zero attached hydrogens (tertiary/aromatic N) is 2. The first-order chi connectivity index (χ1) is 24.8. The van der Waals surface area contributed by atoms with E-state index in [4.69, 9.17) is 28.4 Å². The van der Waals surface area contributed by atoms with Crippen LogP contribution >= 0.6 is 0 Å². The summed E-state index contributed by atoms with van der Waals surface area (Å²) in [5.74, 6) is 4.15. The molecule has 0 saturated carbocycles. The molecule has 5 aromatic carbocycles. The van der Waals surface area contributed by atoms with Crippen molar-refractivity contribution in [3.8, 4) is 57.3 Å². The van der Waals surface area contributed by atoms with Crippen LogP contribution in [0.3, 0.4) is 0 Å². The van der Waals surface area contributed by atoms with E-state index in [1.54, 1.807) is 41.6 Å². The Kier molecular flexibility index (Phi) is 7.63. The summed E-state index contributed by atoms with van der Waals surface area (Å²) < 4.78 is 35.6. The Labute approximate surface area is 297 Å². The molecular weight excluding hydrogens is 640 g/mol. The van der Waals surface area contributed by atoms with Crippen molar-refractivity contribution in [1.29, 1.82) is 0 Å². The molecule has 256 valence electrons. The monoisotopic (exact) mass is 678 g/mol. The normalized spacial score (nSPS) is 16.5. The van der Waals surface area contributed by atoms with Crippen molar-refractivity contribution in [2.75, 3.05) is 35.5 Å². The van der Waals surface area contributed by atoms with Crippen LogP contribution in [-0.4, -0.2) is 45.5 Å². The molecule has 2 heterocycles. The summed E-state index contributed by atoms with van der Waals surface area (Å²) in [7, 11) is 8.14. The standard InChI is InChI=1S/C43H38N2O6/c1-42(2)33-11-9-8-10-29(33)38-31-22-34(47-4)35(48-5)23-32(31)40-30(39(38)42)20-21-43(51-40,27-16-18-28(46-3)19-17-27)26-14-12-25(13-15-26)41-44-36(49-6)24-37(45-41)50-7/h8-24H,1-7H3. The fourth-order valence-electron chi connectivity index (χ4n) is 7.70. The topological polar surface area (TPSA) is 81.2 Å². The Hall–Kier alpha value is -6.02. The van der Waals surface area contributed by atoms with E-state index in [-0.39, 0.29) is 5.41 Å². The molecule has 8 rings (SSSR count). The molecular formula is C43H38N2O6. The van der Waals surface area contributed by atoms with Crippen molar-refractivity contribution in [3.05, 3.63) is 125 Å². The van der Waals surface area contributed by atoms with Crippen LogP contribution in [0, 0.1) is 0 Å². The van der Waals surface area contributed by atoms with Gasteiger partial charge in [0.25, 0.3) is 0 Å². The summed E-state index contributed by atoms with van der Waals surface area (Å²) in [4.78, 5) is 9.14. The van der Waals surface area contributed by atoms with Crippen molar-refractivity contribution < 1.29 is 28.4 Å². The van der Waals surface area contributed by atoms with Crippen LogP contribution in [0.15, 0.2) is 97.1 Å². The van der Waals surface area contributed by atoms with Gasteiger partial charge in [-0.2, -0.15) is 9.97 Å². The maximum Gasteiger partial charge on any atom is 0.220 e. The lowest BCUT2D eigenvalue weighted by Crippen LogP contribution is -2.35. The van der Waals surface area contributed by atoms with Crippen LogP contribution in [0.5, 0.6) is 34.8 Å². The summed E-state index contributed by atoms with van der Waals surface area (Å²) in [6.07, 6.45) is 4.40. The van der Waals surface area contributed by atoms with E-state index in [2.05, 4.69) is 90.6 Å². The number of methoxy groups -OCH3 is 5. The second kappa shape index (κ2) is 12.1. The molecule has 0 amide bonds. The molecule has 1 aromatic heterocycles. The zero-order valence-corrected chi connectivity index (χ0v) is 29.7. The van der Waals surface area contributed by atoms with Gasteiger partial charge in [0, 0.05) is 33.1 Å². The molecule has 8 nitrogen and oxygen atoms in total. The number of aromatic nitrogens is 2. The lowest BCUT2D eigenvalue weighted by molar-refractivity contribution is 0.163. The number of fused-ring (bicyclic) bond motifs is 8. The first kappa shape index (κ1) is 32.2. The van der Waals surface area contributed by atoms with Crippen molar-refractivity contribution in [2.24, 2.45) is 0 Å². The molecule has 8 heteroatoms. The maximum atomic E-state index is 7.49. The van der Waals surface area contributed by atoms with Gasteiger partial charge < -0.3 is 28.4 Å². The van der Waals surface area contributed by atoms with E-state index in [0.717, 1.165) is 44.5 Å². The van der Waals surface area contributed by atoms with E-state index in [0.29, 0.717) is 29.1 Å². The number of ether oxygens (including phenoxy) is 6. The summed E-state index contributed by atoms with van der Waals surface area (Å²) in [5.41, 5.74) is 7.31. The van der Waals surface area contributed by atoms with E-state index in [1.807, 2.05) is 30.3 Å². The van der Waals surface area contributed by atoms with Gasteiger partial charge in [0.15, 0.2) is 22.9 Å². The molecule has 1 unspecified atom stereocenters. The number of hydrogen-bond donors (Lipinski definition) is 0. The average molecular weight is 679 g/mol. The minimum atomic E-state index is -1.01. The van der Waals surface area contributed by atoms with Crippen LogP contribution in [0.4, 0.5) is 0 Å². The summed E-state index contributed by atoms with van der Waals surface area (Å²) in [5, 5.41) is 1.97. The van der Waals surface area contributed by atoms with Crippen molar-refractivity contribution in [3.63, 3.8) is 0 Å². The SMILES string of the molecule is COc1ccc(C2(c3ccc(-c4nc(OC)cc(OC)n4)cc3)C=Cc3c4c(c5cc(OC)c(OC)cc5c3O2)-c2ccccc2C4(C)C)cc1. The van der Waals surface area contributed by atoms with Crippen molar-refractivity contribution in [1.82, 2.24) is 9.97 Å². The highest BCUT2D eigenvalue weighted by Crippen LogP contribution is 2.59. The third-order valence-corrected chi connectivity index (χ3v) is 10.2. The Morgan fingerprint density at radius 2 is 1.24 bits per heavy atom. The first-order valence-corrected chi connectivity index (χ1v) is 16.7. The summed E-state index contributed by atoms with van der Waals surface area (Å²) >= 11 is 0. The molecule has 0 radical (unpaired) electrons. The molecule has 0 N–H and O–H groups in total. The fourth-order valence-corrected chi connectivity index (χ4v) is 7.70. The summed E-state index contributed by atoms with van der Waals surface area (Å²) in [6.45, 7) is 4.58. The van der Waals surface area contributed by atoms with Crippen molar-refractivity contribution >= 4 is 16.8 Å². The molecule has 0 bridgehead atoms. The summed E-state index contributed by atoms with van der Waals surface area (Å²) in [6, 6.07) is 30.6. The molecule has 0 saturated heterocycles. The van der Waals surface area contributed by atoms with Crippen LogP contribution in [0.25, 0.3) is 39.4 Å². The van der Waals surface area contributed by atoms with Gasteiger partial charge in [0.2, 0.25) is 11.8 Å². The lowest BCUT2D eigenvalue weighted by Gasteiger charge is -2.38. The molecule has 2 aliphatic rings. The Balaban J connectivity index is 1.38. The molecule has 0 fully saturated rings. The Morgan fingerprint density at radius 1 is 0.627 bits per heavy atom. The number of benzene rings is 5. The van der Waals surface area contributed by atoms with Gasteiger partial charge in [-0.15, -0.1) is 0 Å². The fraction of sp³-hybridized carbons (Fsp3) is 0.209. The third kappa shape index (κ3) is 4.88. The first-order valence-electron chi connectivity index (χ1n) is 16.7. The number of rotatable bonds is 8. The van der Waals surface area contributed by atoms with Gasteiger partial charge in [-0.25, -0.2) is 0 Å². The van der Waals surface area contributed by atoms with Gasteiger partial charge in [0.05, 0.1) is 41.6 Å². The highest BCUT2D eigenvalue weighted by Gasteiger charge is 2.44. The van der Waals surface area contributed by atoms with Crippen LogP contribution < -0.4 is 28.4 Å².